The Morgan fingerprint density at radius 3 is 2.59 bits per heavy atom. The lowest BCUT2D eigenvalue weighted by Crippen LogP contribution is -2.39. The van der Waals surface area contributed by atoms with Crippen LogP contribution in [-0.4, -0.2) is 39.7 Å². The summed E-state index contributed by atoms with van der Waals surface area (Å²) in [5.41, 5.74) is 6.06. The van der Waals surface area contributed by atoms with Gasteiger partial charge in [0.15, 0.2) is 6.61 Å². The SMILES string of the molecule is Cc1cccc(OCC(=O)NCC(c2ccc(N(C)C)cc2)N2CCc3ccccc32)c1. The Morgan fingerprint density at radius 2 is 1.84 bits per heavy atom. The molecule has 3 aromatic carbocycles. The van der Waals surface area contributed by atoms with Crippen LogP contribution in [-0.2, 0) is 11.2 Å². The second-order valence-corrected chi connectivity index (χ2v) is 8.48. The Hall–Kier alpha value is -3.47. The van der Waals surface area contributed by atoms with Crippen LogP contribution in [0.5, 0.6) is 5.75 Å². The van der Waals surface area contributed by atoms with E-state index >= 15 is 0 Å². The van der Waals surface area contributed by atoms with Gasteiger partial charge in [0.05, 0.1) is 6.04 Å². The van der Waals surface area contributed by atoms with E-state index in [1.807, 2.05) is 45.3 Å². The molecule has 1 unspecified atom stereocenters. The largest absolute Gasteiger partial charge is 0.484 e. The van der Waals surface area contributed by atoms with Crippen molar-refractivity contribution in [1.82, 2.24) is 5.32 Å². The number of aryl methyl sites for hydroxylation is 1. The molecule has 5 nitrogen and oxygen atoms in total. The number of hydrogen-bond donors (Lipinski definition) is 1. The highest BCUT2D eigenvalue weighted by atomic mass is 16.5. The smallest absolute Gasteiger partial charge is 0.258 e. The summed E-state index contributed by atoms with van der Waals surface area (Å²) < 4.78 is 5.68. The van der Waals surface area contributed by atoms with Gasteiger partial charge < -0.3 is 19.9 Å². The van der Waals surface area contributed by atoms with Crippen molar-refractivity contribution in [2.45, 2.75) is 19.4 Å². The first-order valence-corrected chi connectivity index (χ1v) is 11.1. The molecule has 166 valence electrons. The normalized spacial score (nSPS) is 13.4. The topological polar surface area (TPSA) is 44.8 Å². The second-order valence-electron chi connectivity index (χ2n) is 8.48. The summed E-state index contributed by atoms with van der Waals surface area (Å²) in [6.45, 7) is 3.47. The van der Waals surface area contributed by atoms with Crippen LogP contribution < -0.4 is 19.9 Å². The van der Waals surface area contributed by atoms with Crippen LogP contribution in [0.15, 0.2) is 72.8 Å². The van der Waals surface area contributed by atoms with Gasteiger partial charge in [0.1, 0.15) is 5.75 Å². The molecule has 1 aliphatic heterocycles. The average Bonchev–Trinajstić information content (AvgIpc) is 3.22. The molecule has 1 heterocycles. The Morgan fingerprint density at radius 1 is 1.06 bits per heavy atom. The summed E-state index contributed by atoms with van der Waals surface area (Å²) in [5.74, 6) is 0.596. The molecule has 1 aliphatic rings. The molecule has 3 aromatic rings. The van der Waals surface area contributed by atoms with E-state index in [4.69, 9.17) is 4.74 Å². The zero-order valence-electron chi connectivity index (χ0n) is 19.0. The Balaban J connectivity index is 1.47. The highest BCUT2D eigenvalue weighted by Gasteiger charge is 2.27. The molecule has 0 saturated heterocycles. The van der Waals surface area contributed by atoms with Gasteiger partial charge in [-0.2, -0.15) is 0 Å². The maximum absolute atomic E-state index is 12.6. The zero-order chi connectivity index (χ0) is 22.5. The fourth-order valence-corrected chi connectivity index (χ4v) is 4.21. The molecule has 0 radical (unpaired) electrons. The van der Waals surface area contributed by atoms with Gasteiger partial charge in [0.25, 0.3) is 5.91 Å². The lowest BCUT2D eigenvalue weighted by Gasteiger charge is -2.31. The highest BCUT2D eigenvalue weighted by Crippen LogP contribution is 2.35. The van der Waals surface area contributed by atoms with Crippen molar-refractivity contribution in [3.05, 3.63) is 89.5 Å². The minimum absolute atomic E-state index is 0.00628. The molecule has 5 heteroatoms. The van der Waals surface area contributed by atoms with Crippen molar-refractivity contribution in [3.8, 4) is 5.75 Å². The number of carbonyl (C=O) groups excluding carboxylic acids is 1. The molecular weight excluding hydrogens is 398 g/mol. The first-order valence-electron chi connectivity index (χ1n) is 11.1. The van der Waals surface area contributed by atoms with E-state index in [0.717, 1.165) is 24.2 Å². The third-order valence-electron chi connectivity index (χ3n) is 5.95. The number of benzene rings is 3. The minimum atomic E-state index is -0.117. The Kier molecular flexibility index (Phi) is 6.64. The van der Waals surface area contributed by atoms with E-state index in [9.17, 15) is 4.79 Å². The first kappa shape index (κ1) is 21.8. The number of fused-ring (bicyclic) bond motifs is 1. The number of hydrogen-bond acceptors (Lipinski definition) is 4. The summed E-state index contributed by atoms with van der Waals surface area (Å²) in [7, 11) is 4.08. The van der Waals surface area contributed by atoms with Gasteiger partial charge in [-0.25, -0.2) is 0 Å². The van der Waals surface area contributed by atoms with Crippen molar-refractivity contribution in [3.63, 3.8) is 0 Å². The van der Waals surface area contributed by atoms with E-state index in [1.54, 1.807) is 0 Å². The van der Waals surface area contributed by atoms with Crippen LogP contribution >= 0.6 is 0 Å². The molecule has 0 aliphatic carbocycles. The van der Waals surface area contributed by atoms with E-state index in [1.165, 1.54) is 16.8 Å². The maximum atomic E-state index is 12.6. The average molecular weight is 430 g/mol. The lowest BCUT2D eigenvalue weighted by atomic mass is 10.0. The van der Waals surface area contributed by atoms with Crippen LogP contribution in [0.3, 0.4) is 0 Å². The molecule has 1 amide bonds. The fraction of sp³-hybridized carbons (Fsp3) is 0.296. The van der Waals surface area contributed by atoms with Crippen molar-refractivity contribution < 1.29 is 9.53 Å². The summed E-state index contributed by atoms with van der Waals surface area (Å²) >= 11 is 0. The van der Waals surface area contributed by atoms with Crippen LogP contribution in [0.1, 0.15) is 22.7 Å². The van der Waals surface area contributed by atoms with Crippen LogP contribution in [0, 0.1) is 6.92 Å². The monoisotopic (exact) mass is 429 g/mol. The fourth-order valence-electron chi connectivity index (χ4n) is 4.21. The van der Waals surface area contributed by atoms with Gasteiger partial charge in [0.2, 0.25) is 0 Å². The molecule has 0 aromatic heterocycles. The number of carbonyl (C=O) groups is 1. The minimum Gasteiger partial charge on any atom is -0.484 e. The number of amides is 1. The number of ether oxygens (including phenoxy) is 1. The standard InChI is InChI=1S/C27H31N3O2/c1-20-7-6-9-24(17-20)32-19-27(31)28-18-26(22-11-13-23(14-12-22)29(2)3)30-16-15-21-8-4-5-10-25(21)30/h4-14,17,26H,15-16,18-19H2,1-3H3,(H,28,31). The Labute approximate surface area is 190 Å². The molecular formula is C27H31N3O2. The molecule has 4 rings (SSSR count). The third-order valence-corrected chi connectivity index (χ3v) is 5.95. The molecule has 0 saturated carbocycles. The summed E-state index contributed by atoms with van der Waals surface area (Å²) in [5, 5.41) is 3.10. The third kappa shape index (κ3) is 5.05. The van der Waals surface area contributed by atoms with Crippen molar-refractivity contribution in [1.29, 1.82) is 0 Å². The quantitative estimate of drug-likeness (QED) is 0.578. The first-order chi connectivity index (χ1) is 15.5. The van der Waals surface area contributed by atoms with Gasteiger partial charge in [0, 0.05) is 38.6 Å². The number of nitrogens with zero attached hydrogens (tertiary/aromatic N) is 2. The van der Waals surface area contributed by atoms with E-state index < -0.39 is 0 Å². The molecule has 32 heavy (non-hydrogen) atoms. The van der Waals surface area contributed by atoms with E-state index in [-0.39, 0.29) is 18.6 Å². The molecule has 1 atom stereocenters. The predicted molar refractivity (Wildman–Crippen MR) is 131 cm³/mol. The number of rotatable bonds is 8. The highest BCUT2D eigenvalue weighted by molar-refractivity contribution is 5.77. The second kappa shape index (κ2) is 9.77. The van der Waals surface area contributed by atoms with Crippen molar-refractivity contribution >= 4 is 17.3 Å². The molecule has 0 bridgehead atoms. The van der Waals surface area contributed by atoms with Gasteiger partial charge in [-0.05, 0) is 60.4 Å². The van der Waals surface area contributed by atoms with Gasteiger partial charge in [-0.3, -0.25) is 4.79 Å². The van der Waals surface area contributed by atoms with Gasteiger partial charge >= 0.3 is 0 Å². The zero-order valence-corrected chi connectivity index (χ0v) is 19.0. The summed E-state index contributed by atoms with van der Waals surface area (Å²) in [4.78, 5) is 17.1. The van der Waals surface area contributed by atoms with Crippen LogP contribution in [0.4, 0.5) is 11.4 Å². The molecule has 0 fully saturated rings. The van der Waals surface area contributed by atoms with E-state index in [0.29, 0.717) is 12.3 Å². The molecule has 1 N–H and O–H groups in total. The predicted octanol–water partition coefficient (Wildman–Crippen LogP) is 4.36. The van der Waals surface area contributed by atoms with Crippen LogP contribution in [0.25, 0.3) is 0 Å². The number of anilines is 2. The summed E-state index contributed by atoms with van der Waals surface area (Å²) in [6.07, 6.45) is 1.02. The van der Waals surface area contributed by atoms with Crippen molar-refractivity contribution in [2.24, 2.45) is 0 Å². The molecule has 0 spiro atoms. The van der Waals surface area contributed by atoms with Crippen molar-refractivity contribution in [2.75, 3.05) is 43.6 Å². The number of nitrogens with one attached hydrogen (secondary N) is 1. The Bertz CT molecular complexity index is 1060. The number of para-hydroxylation sites is 1. The lowest BCUT2D eigenvalue weighted by molar-refractivity contribution is -0.123. The van der Waals surface area contributed by atoms with Crippen LogP contribution in [0.2, 0.25) is 0 Å². The van der Waals surface area contributed by atoms with E-state index in [2.05, 4.69) is 63.6 Å². The van der Waals surface area contributed by atoms with Gasteiger partial charge in [-0.1, -0.05) is 42.5 Å². The van der Waals surface area contributed by atoms with Gasteiger partial charge in [-0.15, -0.1) is 0 Å². The maximum Gasteiger partial charge on any atom is 0.258 e. The summed E-state index contributed by atoms with van der Waals surface area (Å²) in [6, 6.07) is 24.9.